The topological polar surface area (TPSA) is 94.2 Å². The van der Waals surface area contributed by atoms with Crippen LogP contribution in [0.2, 0.25) is 0 Å². The van der Waals surface area contributed by atoms with Crippen molar-refractivity contribution >= 4 is 15.9 Å². The number of hydrogen-bond acceptors (Lipinski definition) is 3. The van der Waals surface area contributed by atoms with E-state index in [1.807, 2.05) is 6.92 Å². The second-order valence-electron chi connectivity index (χ2n) is 5.09. The molecule has 1 heterocycles. The highest BCUT2D eigenvalue weighted by Crippen LogP contribution is 2.12. The first-order valence-corrected chi connectivity index (χ1v) is 8.30. The summed E-state index contributed by atoms with van der Waals surface area (Å²) in [5.74, 6) is -0.286. The van der Waals surface area contributed by atoms with Gasteiger partial charge in [0.25, 0.3) is 5.91 Å². The van der Waals surface area contributed by atoms with Crippen LogP contribution in [0.4, 0.5) is 0 Å². The maximum absolute atomic E-state index is 12.1. The summed E-state index contributed by atoms with van der Waals surface area (Å²) in [6.45, 7) is 4.07. The number of unbranched alkanes of at least 4 members (excludes halogenated alkanes) is 2. The fourth-order valence-corrected chi connectivity index (χ4v) is 2.57. The van der Waals surface area contributed by atoms with Crippen LogP contribution < -0.4 is 10.5 Å². The van der Waals surface area contributed by atoms with Crippen LogP contribution in [0, 0.1) is 0 Å². The van der Waals surface area contributed by atoms with Gasteiger partial charge in [0.05, 0.1) is 0 Å². The van der Waals surface area contributed by atoms with E-state index in [1.165, 1.54) is 16.8 Å². The normalized spacial score (nSPS) is 13.2. The molecule has 1 atom stereocenters. The van der Waals surface area contributed by atoms with Crippen LogP contribution in [0.25, 0.3) is 0 Å². The zero-order valence-corrected chi connectivity index (χ0v) is 13.0. The van der Waals surface area contributed by atoms with Crippen molar-refractivity contribution < 1.29 is 13.2 Å². The molecule has 114 valence electrons. The third kappa shape index (κ3) is 4.64. The quantitative estimate of drug-likeness (QED) is 0.745. The minimum absolute atomic E-state index is 0.0520. The lowest BCUT2D eigenvalue weighted by molar-refractivity contribution is 0.0929. The Hall–Kier alpha value is -1.34. The molecule has 0 aromatic carbocycles. The highest BCUT2D eigenvalue weighted by molar-refractivity contribution is 7.89. The van der Waals surface area contributed by atoms with Gasteiger partial charge in [-0.3, -0.25) is 4.79 Å². The first kappa shape index (κ1) is 16.7. The number of rotatable bonds is 7. The van der Waals surface area contributed by atoms with Crippen molar-refractivity contribution in [3.05, 3.63) is 18.0 Å². The molecule has 0 aliphatic carbocycles. The van der Waals surface area contributed by atoms with E-state index in [0.29, 0.717) is 0 Å². The predicted molar refractivity (Wildman–Crippen MR) is 77.9 cm³/mol. The van der Waals surface area contributed by atoms with Gasteiger partial charge in [-0.1, -0.05) is 26.2 Å². The lowest BCUT2D eigenvalue weighted by atomic mass is 10.1. The number of hydrogen-bond donors (Lipinski definition) is 2. The summed E-state index contributed by atoms with van der Waals surface area (Å²) in [5, 5.41) is 7.91. The Morgan fingerprint density at radius 3 is 2.60 bits per heavy atom. The van der Waals surface area contributed by atoms with Crippen LogP contribution in [0.5, 0.6) is 0 Å². The summed E-state index contributed by atoms with van der Waals surface area (Å²) in [7, 11) is -2.17. The maximum atomic E-state index is 12.1. The molecule has 0 fully saturated rings. The van der Waals surface area contributed by atoms with Crippen molar-refractivity contribution in [3.63, 3.8) is 0 Å². The maximum Gasteiger partial charge on any atom is 0.268 e. The monoisotopic (exact) mass is 301 g/mol. The van der Waals surface area contributed by atoms with E-state index in [2.05, 4.69) is 12.2 Å². The van der Waals surface area contributed by atoms with Crippen LogP contribution in [-0.2, 0) is 17.1 Å². The molecule has 7 heteroatoms. The summed E-state index contributed by atoms with van der Waals surface area (Å²) in [6.07, 6.45) is 5.59. The van der Waals surface area contributed by atoms with Gasteiger partial charge in [-0.05, 0) is 19.4 Å². The lowest BCUT2D eigenvalue weighted by Crippen LogP contribution is -2.33. The Morgan fingerprint density at radius 1 is 1.45 bits per heavy atom. The first-order valence-electron chi connectivity index (χ1n) is 6.75. The second-order valence-corrected chi connectivity index (χ2v) is 6.65. The number of nitrogens with zero attached hydrogens (tertiary/aromatic N) is 1. The smallest absolute Gasteiger partial charge is 0.268 e. The zero-order valence-electron chi connectivity index (χ0n) is 12.2. The van der Waals surface area contributed by atoms with Crippen LogP contribution in [0.3, 0.4) is 0 Å². The van der Waals surface area contributed by atoms with Crippen LogP contribution in [-0.4, -0.2) is 24.9 Å². The summed E-state index contributed by atoms with van der Waals surface area (Å²) >= 11 is 0. The highest BCUT2D eigenvalue weighted by Gasteiger charge is 2.18. The lowest BCUT2D eigenvalue weighted by Gasteiger charge is -2.13. The molecule has 0 saturated heterocycles. The summed E-state index contributed by atoms with van der Waals surface area (Å²) < 4.78 is 24.0. The van der Waals surface area contributed by atoms with Gasteiger partial charge < -0.3 is 9.88 Å². The van der Waals surface area contributed by atoms with Crippen LogP contribution in [0.1, 0.15) is 50.0 Å². The molecule has 6 nitrogen and oxygen atoms in total. The van der Waals surface area contributed by atoms with Gasteiger partial charge in [-0.15, -0.1) is 0 Å². The molecule has 1 aromatic heterocycles. The summed E-state index contributed by atoms with van der Waals surface area (Å²) in [6, 6.07) is 1.35. The molecule has 0 radical (unpaired) electrons. The molecule has 0 spiro atoms. The van der Waals surface area contributed by atoms with E-state index >= 15 is 0 Å². The van der Waals surface area contributed by atoms with Crippen molar-refractivity contribution in [1.29, 1.82) is 0 Å². The van der Waals surface area contributed by atoms with Gasteiger partial charge in [0.2, 0.25) is 10.0 Å². The average Bonchev–Trinajstić information content (AvgIpc) is 2.71. The van der Waals surface area contributed by atoms with E-state index in [-0.39, 0.29) is 22.5 Å². The van der Waals surface area contributed by atoms with Crippen molar-refractivity contribution in [3.8, 4) is 0 Å². The Morgan fingerprint density at radius 2 is 2.10 bits per heavy atom. The number of sulfonamides is 1. The number of amides is 1. The van der Waals surface area contributed by atoms with E-state index in [1.54, 1.807) is 7.05 Å². The van der Waals surface area contributed by atoms with E-state index in [0.717, 1.165) is 25.7 Å². The number of carbonyl (C=O) groups excluding carboxylic acids is 1. The van der Waals surface area contributed by atoms with Gasteiger partial charge in [0.15, 0.2) is 0 Å². The van der Waals surface area contributed by atoms with Crippen molar-refractivity contribution in [2.45, 2.75) is 50.5 Å². The molecule has 20 heavy (non-hydrogen) atoms. The largest absolute Gasteiger partial charge is 0.348 e. The molecule has 1 aromatic rings. The fraction of sp³-hybridized carbons (Fsp3) is 0.615. The van der Waals surface area contributed by atoms with Crippen molar-refractivity contribution in [2.75, 3.05) is 0 Å². The standard InChI is InChI=1S/C13H23N3O3S/c1-4-5-6-7-10(2)15-13(17)12-8-11(9-16(12)3)20(14,18)19/h8-10H,4-7H2,1-3H3,(H,15,17)(H2,14,18,19). The van der Waals surface area contributed by atoms with Gasteiger partial charge >= 0.3 is 0 Å². The molecule has 0 aliphatic heterocycles. The van der Waals surface area contributed by atoms with Gasteiger partial charge in [0, 0.05) is 19.3 Å². The van der Waals surface area contributed by atoms with E-state index < -0.39 is 10.0 Å². The SMILES string of the molecule is CCCCCC(C)NC(=O)c1cc(S(N)(=O)=O)cn1C. The Labute approximate surface area is 120 Å². The number of aryl methyl sites for hydroxylation is 1. The summed E-state index contributed by atoms with van der Waals surface area (Å²) in [4.78, 5) is 12.0. The number of nitrogens with two attached hydrogens (primary N) is 1. The van der Waals surface area contributed by atoms with Crippen molar-refractivity contribution in [2.24, 2.45) is 12.2 Å². The molecule has 0 aliphatic rings. The molecule has 0 saturated carbocycles. The average molecular weight is 301 g/mol. The molecule has 0 bridgehead atoms. The second kappa shape index (κ2) is 6.90. The molecular weight excluding hydrogens is 278 g/mol. The van der Waals surface area contributed by atoms with Crippen molar-refractivity contribution in [1.82, 2.24) is 9.88 Å². The predicted octanol–water partition coefficient (Wildman–Crippen LogP) is 1.37. The molecular formula is C13H23N3O3S. The van der Waals surface area contributed by atoms with Crippen LogP contribution >= 0.6 is 0 Å². The van der Waals surface area contributed by atoms with Crippen LogP contribution in [0.15, 0.2) is 17.2 Å². The Kier molecular flexibility index (Phi) is 5.76. The number of nitrogens with one attached hydrogen (secondary N) is 1. The molecule has 3 N–H and O–H groups in total. The zero-order chi connectivity index (χ0) is 15.3. The summed E-state index contributed by atoms with van der Waals surface area (Å²) in [5.41, 5.74) is 0.288. The Balaban J connectivity index is 2.71. The number of primary sulfonamides is 1. The first-order chi connectivity index (χ1) is 9.25. The molecule has 1 amide bonds. The van der Waals surface area contributed by atoms with E-state index in [4.69, 9.17) is 5.14 Å². The van der Waals surface area contributed by atoms with Gasteiger partial charge in [0.1, 0.15) is 10.6 Å². The third-order valence-electron chi connectivity index (χ3n) is 3.16. The third-order valence-corrected chi connectivity index (χ3v) is 4.04. The van der Waals surface area contributed by atoms with E-state index in [9.17, 15) is 13.2 Å². The number of aromatic nitrogens is 1. The minimum atomic E-state index is -3.78. The number of carbonyl (C=O) groups is 1. The minimum Gasteiger partial charge on any atom is -0.348 e. The highest BCUT2D eigenvalue weighted by atomic mass is 32.2. The molecule has 1 rings (SSSR count). The van der Waals surface area contributed by atoms with Gasteiger partial charge in [-0.25, -0.2) is 13.6 Å². The Bertz CT molecular complexity index is 563. The fourth-order valence-electron chi connectivity index (χ4n) is 1.99. The van der Waals surface area contributed by atoms with Gasteiger partial charge in [-0.2, -0.15) is 0 Å². The molecule has 1 unspecified atom stereocenters.